The predicted octanol–water partition coefficient (Wildman–Crippen LogP) is 1.10. The molecule has 0 amide bonds. The maximum absolute atomic E-state index is 2.47. The molecule has 1 aliphatic carbocycles. The zero-order chi connectivity index (χ0) is 5.72. The van der Waals surface area contributed by atoms with E-state index >= 15 is 0 Å². The van der Waals surface area contributed by atoms with Crippen molar-refractivity contribution in [2.24, 2.45) is 5.92 Å². The molecule has 0 N–H and O–H groups in total. The van der Waals surface area contributed by atoms with Crippen LogP contribution in [0.15, 0.2) is 0 Å². The Morgan fingerprint density at radius 2 is 1.88 bits per heavy atom. The normalized spacial score (nSPS) is 54.0. The van der Waals surface area contributed by atoms with Crippen molar-refractivity contribution in [3.8, 4) is 0 Å². The van der Waals surface area contributed by atoms with Crippen LogP contribution < -0.4 is 0 Å². The first-order valence-corrected chi connectivity index (χ1v) is 3.52. The lowest BCUT2D eigenvalue weighted by atomic mass is 10.2. The minimum atomic E-state index is 0.905. The summed E-state index contributed by atoms with van der Waals surface area (Å²) in [6.45, 7) is 2.32. The Balaban J connectivity index is 1.92. The zero-order valence-corrected chi connectivity index (χ0v) is 5.59. The topological polar surface area (TPSA) is 3.01 Å². The van der Waals surface area contributed by atoms with Crippen LogP contribution in [0.1, 0.15) is 19.8 Å². The molecule has 0 spiro atoms. The quantitative estimate of drug-likeness (QED) is 0.458. The van der Waals surface area contributed by atoms with E-state index < -0.39 is 0 Å². The van der Waals surface area contributed by atoms with E-state index in [-0.39, 0.29) is 0 Å². The van der Waals surface area contributed by atoms with Crippen LogP contribution in [0.2, 0.25) is 0 Å². The van der Waals surface area contributed by atoms with E-state index in [1.165, 1.54) is 12.8 Å². The van der Waals surface area contributed by atoms with Crippen molar-refractivity contribution in [3.63, 3.8) is 0 Å². The minimum Gasteiger partial charge on any atom is -0.297 e. The molecule has 0 bridgehead atoms. The van der Waals surface area contributed by atoms with E-state index in [2.05, 4.69) is 18.9 Å². The van der Waals surface area contributed by atoms with Gasteiger partial charge in [-0.1, -0.05) is 0 Å². The van der Waals surface area contributed by atoms with Crippen LogP contribution >= 0.6 is 0 Å². The number of rotatable bonds is 1. The molecule has 2 fully saturated rings. The highest BCUT2D eigenvalue weighted by Crippen LogP contribution is 2.45. The molecule has 2 aliphatic rings. The van der Waals surface area contributed by atoms with Gasteiger partial charge in [-0.15, -0.1) is 0 Å². The van der Waals surface area contributed by atoms with Gasteiger partial charge < -0.3 is 0 Å². The fourth-order valence-corrected chi connectivity index (χ4v) is 1.69. The molecule has 1 saturated carbocycles. The Hall–Kier alpha value is -0.0400. The lowest BCUT2D eigenvalue weighted by Crippen LogP contribution is -1.94. The summed E-state index contributed by atoms with van der Waals surface area (Å²) in [5.74, 6) is 1.09. The molecule has 8 heavy (non-hydrogen) atoms. The molecular formula is C7H13N. The zero-order valence-electron chi connectivity index (χ0n) is 5.59. The van der Waals surface area contributed by atoms with Crippen LogP contribution in [-0.2, 0) is 0 Å². The monoisotopic (exact) mass is 111 g/mol. The van der Waals surface area contributed by atoms with Gasteiger partial charge in [-0.2, -0.15) is 0 Å². The number of hydrogen-bond acceptors (Lipinski definition) is 1. The predicted molar refractivity (Wildman–Crippen MR) is 33.7 cm³/mol. The second-order valence-electron chi connectivity index (χ2n) is 3.23. The summed E-state index contributed by atoms with van der Waals surface area (Å²) in [5.41, 5.74) is 0. The van der Waals surface area contributed by atoms with Gasteiger partial charge in [-0.25, -0.2) is 0 Å². The van der Waals surface area contributed by atoms with Crippen molar-refractivity contribution in [3.05, 3.63) is 0 Å². The van der Waals surface area contributed by atoms with Crippen molar-refractivity contribution >= 4 is 0 Å². The second-order valence-corrected chi connectivity index (χ2v) is 3.23. The summed E-state index contributed by atoms with van der Waals surface area (Å²) in [6, 6.07) is 1.89. The van der Waals surface area contributed by atoms with Gasteiger partial charge >= 0.3 is 0 Å². The fourth-order valence-electron chi connectivity index (χ4n) is 1.69. The fraction of sp³-hybridized carbons (Fsp3) is 1.00. The Morgan fingerprint density at radius 3 is 2.00 bits per heavy atom. The van der Waals surface area contributed by atoms with E-state index in [9.17, 15) is 0 Å². The molecule has 1 heterocycles. The smallest absolute Gasteiger partial charge is 0.0277 e. The van der Waals surface area contributed by atoms with Gasteiger partial charge in [-0.05, 0) is 32.7 Å². The van der Waals surface area contributed by atoms with Gasteiger partial charge in [0.15, 0.2) is 0 Å². The largest absolute Gasteiger partial charge is 0.297 e. The molecule has 1 aliphatic heterocycles. The SMILES string of the molecule is C[C@@H]1C(C2CC2)N1C. The van der Waals surface area contributed by atoms with Crippen molar-refractivity contribution in [1.29, 1.82) is 0 Å². The molecule has 1 heteroatoms. The molecule has 0 radical (unpaired) electrons. The summed E-state index contributed by atoms with van der Waals surface area (Å²) in [4.78, 5) is 2.47. The van der Waals surface area contributed by atoms with Crippen LogP contribution in [0.5, 0.6) is 0 Å². The third kappa shape index (κ3) is 0.510. The molecule has 0 aromatic rings. The number of likely N-dealkylation sites (N-methyl/N-ethyl adjacent to an activating group) is 1. The average molecular weight is 111 g/mol. The van der Waals surface area contributed by atoms with Crippen LogP contribution in [-0.4, -0.2) is 24.0 Å². The van der Waals surface area contributed by atoms with E-state index in [1.54, 1.807) is 0 Å². The van der Waals surface area contributed by atoms with E-state index in [0.717, 1.165) is 18.0 Å². The van der Waals surface area contributed by atoms with Gasteiger partial charge in [0.05, 0.1) is 0 Å². The third-order valence-electron chi connectivity index (χ3n) is 2.62. The highest BCUT2D eigenvalue weighted by Gasteiger charge is 2.49. The van der Waals surface area contributed by atoms with Crippen LogP contribution in [0.25, 0.3) is 0 Å². The molecule has 0 aromatic heterocycles. The van der Waals surface area contributed by atoms with Gasteiger partial charge in [0, 0.05) is 12.1 Å². The first-order valence-electron chi connectivity index (χ1n) is 3.52. The van der Waals surface area contributed by atoms with Gasteiger partial charge in [0.2, 0.25) is 0 Å². The Labute approximate surface area is 50.7 Å². The molecule has 1 nitrogen and oxygen atoms in total. The Bertz CT molecular complexity index is 96.2. The highest BCUT2D eigenvalue weighted by molar-refractivity contribution is 5.05. The summed E-state index contributed by atoms with van der Waals surface area (Å²) in [7, 11) is 2.23. The Kier molecular flexibility index (Phi) is 0.762. The van der Waals surface area contributed by atoms with Crippen molar-refractivity contribution in [2.75, 3.05) is 7.05 Å². The van der Waals surface area contributed by atoms with Crippen LogP contribution in [0, 0.1) is 5.92 Å². The minimum absolute atomic E-state index is 0.905. The average Bonchev–Trinajstić information content (AvgIpc) is 2.52. The maximum Gasteiger partial charge on any atom is 0.0277 e. The molecular weight excluding hydrogens is 98.1 g/mol. The number of hydrogen-bond donors (Lipinski definition) is 0. The van der Waals surface area contributed by atoms with Gasteiger partial charge in [0.25, 0.3) is 0 Å². The second kappa shape index (κ2) is 1.27. The van der Waals surface area contributed by atoms with E-state index in [1.807, 2.05) is 0 Å². The summed E-state index contributed by atoms with van der Waals surface area (Å²) < 4.78 is 0. The molecule has 46 valence electrons. The molecule has 2 unspecified atom stereocenters. The molecule has 2 rings (SSSR count). The lowest BCUT2D eigenvalue weighted by molar-refractivity contribution is 0.563. The van der Waals surface area contributed by atoms with Crippen LogP contribution in [0.4, 0.5) is 0 Å². The van der Waals surface area contributed by atoms with Gasteiger partial charge in [-0.3, -0.25) is 4.90 Å². The summed E-state index contributed by atoms with van der Waals surface area (Å²) in [6.07, 6.45) is 3.00. The first kappa shape index (κ1) is 4.80. The van der Waals surface area contributed by atoms with Crippen molar-refractivity contribution in [1.82, 2.24) is 4.90 Å². The van der Waals surface area contributed by atoms with E-state index in [0.29, 0.717) is 0 Å². The lowest BCUT2D eigenvalue weighted by Gasteiger charge is -1.85. The summed E-state index contributed by atoms with van der Waals surface area (Å²) in [5, 5.41) is 0. The van der Waals surface area contributed by atoms with Gasteiger partial charge in [0.1, 0.15) is 0 Å². The first-order chi connectivity index (χ1) is 3.80. The van der Waals surface area contributed by atoms with Crippen molar-refractivity contribution < 1.29 is 0 Å². The third-order valence-corrected chi connectivity index (χ3v) is 2.62. The molecule has 1 saturated heterocycles. The van der Waals surface area contributed by atoms with Crippen molar-refractivity contribution in [2.45, 2.75) is 31.8 Å². The van der Waals surface area contributed by atoms with Crippen LogP contribution in [0.3, 0.4) is 0 Å². The molecule has 0 aromatic carbocycles. The Morgan fingerprint density at radius 1 is 1.38 bits per heavy atom. The highest BCUT2D eigenvalue weighted by atomic mass is 15.3. The molecule has 3 atom stereocenters. The van der Waals surface area contributed by atoms with E-state index in [4.69, 9.17) is 0 Å². The summed E-state index contributed by atoms with van der Waals surface area (Å²) >= 11 is 0. The number of nitrogens with zero attached hydrogens (tertiary/aromatic N) is 1. The standard InChI is InChI=1S/C7H13N/c1-5-7(8(5)2)6-3-4-6/h5-7H,3-4H2,1-2H3/t5-,7?,8?/m1/s1. The maximum atomic E-state index is 2.47.